The summed E-state index contributed by atoms with van der Waals surface area (Å²) in [4.78, 5) is 28.3. The molecule has 0 heterocycles. The van der Waals surface area contributed by atoms with Crippen LogP contribution in [0.25, 0.3) is 0 Å². The number of aliphatic imine (C=N–C) groups is 1. The van der Waals surface area contributed by atoms with Gasteiger partial charge < -0.3 is 10.1 Å². The third-order valence-electron chi connectivity index (χ3n) is 4.83. The topological polar surface area (TPSA) is 91.6 Å². The molecule has 0 spiro atoms. The Bertz CT molecular complexity index is 724. The highest BCUT2D eigenvalue weighted by Crippen LogP contribution is 2.41. The van der Waals surface area contributed by atoms with Gasteiger partial charge in [-0.1, -0.05) is 30.3 Å². The number of rotatable bonds is 6. The zero-order valence-electron chi connectivity index (χ0n) is 15.5. The van der Waals surface area contributed by atoms with Crippen molar-refractivity contribution in [1.29, 1.82) is 5.26 Å². The van der Waals surface area contributed by atoms with Crippen LogP contribution in [-0.2, 0) is 14.3 Å². The number of hydrogen-bond acceptors (Lipinski definition) is 5. The number of nitrogens with zero attached hydrogens (tertiary/aromatic N) is 2. The summed E-state index contributed by atoms with van der Waals surface area (Å²) >= 11 is 0. The number of methoxy groups -OCH3 is 1. The maximum atomic E-state index is 12.1. The van der Waals surface area contributed by atoms with Gasteiger partial charge in [0.1, 0.15) is 6.04 Å². The SMILES string of the molecule is COC(=O)[C@H](C[C@@]1(C#N)CCCC1=N[C@H](C)c1ccccc1)NC(C)=O. The van der Waals surface area contributed by atoms with E-state index in [9.17, 15) is 14.9 Å². The third kappa shape index (κ3) is 4.48. The van der Waals surface area contributed by atoms with Gasteiger partial charge >= 0.3 is 5.97 Å². The molecule has 1 N–H and O–H groups in total. The predicted molar refractivity (Wildman–Crippen MR) is 98.4 cm³/mol. The van der Waals surface area contributed by atoms with Crippen molar-refractivity contribution in [1.82, 2.24) is 5.32 Å². The van der Waals surface area contributed by atoms with Gasteiger partial charge in [-0.3, -0.25) is 9.79 Å². The Morgan fingerprint density at radius 2 is 2.08 bits per heavy atom. The summed E-state index contributed by atoms with van der Waals surface area (Å²) in [7, 11) is 1.28. The number of ether oxygens (including phenoxy) is 1. The molecule has 26 heavy (non-hydrogen) atoms. The molecule has 6 heteroatoms. The standard InChI is InChI=1S/C20H25N3O3/c1-14(16-8-5-4-6-9-16)22-18-10-7-11-20(18,13-21)12-17(19(25)26-3)23-15(2)24/h4-6,8-9,14,17H,7,10-12H2,1-3H3,(H,23,24)/t14-,17+,20-/m1/s1. The molecule has 1 fully saturated rings. The summed E-state index contributed by atoms with van der Waals surface area (Å²) in [5.74, 6) is -0.875. The maximum absolute atomic E-state index is 12.1. The summed E-state index contributed by atoms with van der Waals surface area (Å²) < 4.78 is 4.80. The van der Waals surface area contributed by atoms with Gasteiger partial charge in [0.15, 0.2) is 0 Å². The maximum Gasteiger partial charge on any atom is 0.328 e. The summed E-state index contributed by atoms with van der Waals surface area (Å²) in [6.07, 6.45) is 2.35. The second kappa shape index (κ2) is 8.61. The molecule has 0 aliphatic heterocycles. The molecule has 138 valence electrons. The van der Waals surface area contributed by atoms with E-state index < -0.39 is 17.4 Å². The normalized spacial score (nSPS) is 23.1. The first kappa shape index (κ1) is 19.6. The van der Waals surface area contributed by atoms with Crippen molar-refractivity contribution < 1.29 is 14.3 Å². The zero-order chi connectivity index (χ0) is 19.2. The first-order chi connectivity index (χ1) is 12.4. The lowest BCUT2D eigenvalue weighted by Crippen LogP contribution is -2.45. The van der Waals surface area contributed by atoms with E-state index in [1.807, 2.05) is 37.3 Å². The minimum Gasteiger partial charge on any atom is -0.467 e. The molecule has 1 aliphatic carbocycles. The molecule has 0 bridgehead atoms. The van der Waals surface area contributed by atoms with Gasteiger partial charge in [0.2, 0.25) is 5.91 Å². The van der Waals surface area contributed by atoms with Crippen LogP contribution >= 0.6 is 0 Å². The highest BCUT2D eigenvalue weighted by atomic mass is 16.5. The van der Waals surface area contributed by atoms with Crippen LogP contribution in [0.1, 0.15) is 51.1 Å². The molecular formula is C20H25N3O3. The van der Waals surface area contributed by atoms with Crippen LogP contribution in [0.5, 0.6) is 0 Å². The number of carbonyl (C=O) groups is 2. The molecule has 0 saturated heterocycles. The van der Waals surface area contributed by atoms with E-state index in [0.717, 1.165) is 24.1 Å². The molecule has 0 radical (unpaired) electrons. The second-order valence-electron chi connectivity index (χ2n) is 6.69. The fourth-order valence-corrected chi connectivity index (χ4v) is 3.48. The third-order valence-corrected chi connectivity index (χ3v) is 4.83. The Morgan fingerprint density at radius 3 is 2.65 bits per heavy atom. The van der Waals surface area contributed by atoms with E-state index in [2.05, 4.69) is 11.4 Å². The summed E-state index contributed by atoms with van der Waals surface area (Å²) in [6.45, 7) is 3.34. The zero-order valence-corrected chi connectivity index (χ0v) is 15.5. The molecule has 1 aromatic carbocycles. The Kier molecular flexibility index (Phi) is 6.51. The predicted octanol–water partition coefficient (Wildman–Crippen LogP) is 2.95. The molecule has 0 aromatic heterocycles. The van der Waals surface area contributed by atoms with Gasteiger partial charge in [0, 0.05) is 19.1 Å². The van der Waals surface area contributed by atoms with Crippen LogP contribution in [0.2, 0.25) is 0 Å². The van der Waals surface area contributed by atoms with Crippen LogP contribution in [0.15, 0.2) is 35.3 Å². The molecule has 1 amide bonds. The van der Waals surface area contributed by atoms with Crippen LogP contribution in [0.4, 0.5) is 0 Å². The Morgan fingerprint density at radius 1 is 1.38 bits per heavy atom. The van der Waals surface area contributed by atoms with Crippen LogP contribution in [0, 0.1) is 16.7 Å². The fourth-order valence-electron chi connectivity index (χ4n) is 3.48. The minimum atomic E-state index is -0.857. The van der Waals surface area contributed by atoms with E-state index in [1.54, 1.807) is 0 Å². The number of hydrogen-bond donors (Lipinski definition) is 1. The number of esters is 1. The van der Waals surface area contributed by atoms with Gasteiger partial charge in [0.25, 0.3) is 0 Å². The van der Waals surface area contributed by atoms with E-state index in [0.29, 0.717) is 6.42 Å². The molecule has 1 aromatic rings. The van der Waals surface area contributed by atoms with E-state index >= 15 is 0 Å². The van der Waals surface area contributed by atoms with Gasteiger partial charge in [0.05, 0.1) is 24.6 Å². The van der Waals surface area contributed by atoms with Crippen LogP contribution in [-0.4, -0.2) is 30.7 Å². The van der Waals surface area contributed by atoms with Crippen molar-refractivity contribution in [2.24, 2.45) is 10.4 Å². The van der Waals surface area contributed by atoms with Crippen molar-refractivity contribution in [3.8, 4) is 6.07 Å². The molecule has 2 rings (SSSR count). The largest absolute Gasteiger partial charge is 0.467 e. The van der Waals surface area contributed by atoms with E-state index in [4.69, 9.17) is 9.73 Å². The molecule has 6 nitrogen and oxygen atoms in total. The fraction of sp³-hybridized carbons (Fsp3) is 0.500. The van der Waals surface area contributed by atoms with Gasteiger partial charge in [-0.2, -0.15) is 5.26 Å². The first-order valence-electron chi connectivity index (χ1n) is 8.80. The number of carbonyl (C=O) groups excluding carboxylic acids is 2. The van der Waals surface area contributed by atoms with Gasteiger partial charge in [-0.05, 0) is 31.7 Å². The van der Waals surface area contributed by atoms with Crippen LogP contribution in [0.3, 0.4) is 0 Å². The Balaban J connectivity index is 2.29. The lowest BCUT2D eigenvalue weighted by molar-refractivity contribution is -0.145. The van der Waals surface area contributed by atoms with Crippen molar-refractivity contribution in [3.05, 3.63) is 35.9 Å². The molecule has 1 saturated carbocycles. The highest BCUT2D eigenvalue weighted by Gasteiger charge is 2.44. The Labute approximate surface area is 154 Å². The smallest absolute Gasteiger partial charge is 0.328 e. The minimum absolute atomic E-state index is 0.0747. The van der Waals surface area contributed by atoms with Crippen molar-refractivity contribution in [2.75, 3.05) is 7.11 Å². The number of nitriles is 1. The van der Waals surface area contributed by atoms with Crippen molar-refractivity contribution >= 4 is 17.6 Å². The first-order valence-corrected chi connectivity index (χ1v) is 8.80. The summed E-state index contributed by atoms with van der Waals surface area (Å²) in [6, 6.07) is 11.3. The monoisotopic (exact) mass is 355 g/mol. The second-order valence-corrected chi connectivity index (χ2v) is 6.69. The quantitative estimate of drug-likeness (QED) is 0.794. The summed E-state index contributed by atoms with van der Waals surface area (Å²) in [5, 5.41) is 12.5. The van der Waals surface area contributed by atoms with Gasteiger partial charge in [-0.25, -0.2) is 4.79 Å². The van der Waals surface area contributed by atoms with Crippen molar-refractivity contribution in [3.63, 3.8) is 0 Å². The lowest BCUT2D eigenvalue weighted by atomic mass is 9.79. The lowest BCUT2D eigenvalue weighted by Gasteiger charge is -2.27. The van der Waals surface area contributed by atoms with E-state index in [1.165, 1.54) is 14.0 Å². The van der Waals surface area contributed by atoms with E-state index in [-0.39, 0.29) is 18.4 Å². The molecular weight excluding hydrogens is 330 g/mol. The van der Waals surface area contributed by atoms with Crippen molar-refractivity contribution in [2.45, 2.75) is 51.6 Å². The molecule has 0 unspecified atom stereocenters. The number of amides is 1. The number of benzene rings is 1. The van der Waals surface area contributed by atoms with Gasteiger partial charge in [-0.15, -0.1) is 0 Å². The molecule has 3 atom stereocenters. The highest BCUT2D eigenvalue weighted by molar-refractivity contribution is 5.95. The number of nitrogens with one attached hydrogen (secondary N) is 1. The summed E-state index contributed by atoms with van der Waals surface area (Å²) in [5.41, 5.74) is 1.02. The van der Waals surface area contributed by atoms with Crippen LogP contribution < -0.4 is 5.32 Å². The average Bonchev–Trinajstić information content (AvgIpc) is 3.03. The molecule has 1 aliphatic rings. The average molecular weight is 355 g/mol. The Hall–Kier alpha value is -2.68.